The van der Waals surface area contributed by atoms with Crippen molar-refractivity contribution < 1.29 is 17.2 Å². The number of hydrogen-bond acceptors (Lipinski definition) is 3. The van der Waals surface area contributed by atoms with Gasteiger partial charge >= 0.3 is 0 Å². The van der Waals surface area contributed by atoms with Crippen LogP contribution in [-0.4, -0.2) is 34.6 Å². The van der Waals surface area contributed by atoms with Gasteiger partial charge in [0.25, 0.3) is 16.4 Å². The highest BCUT2D eigenvalue weighted by molar-refractivity contribution is 7.89. The molecule has 1 fully saturated rings. The second-order valence-corrected chi connectivity index (χ2v) is 7.50. The van der Waals surface area contributed by atoms with Gasteiger partial charge in [0, 0.05) is 19.1 Å². The van der Waals surface area contributed by atoms with Crippen molar-refractivity contribution in [3.8, 4) is 0 Å². The maximum atomic E-state index is 13.2. The molecule has 0 aliphatic carbocycles. The van der Waals surface area contributed by atoms with Gasteiger partial charge in [0.1, 0.15) is 0 Å². The van der Waals surface area contributed by atoms with Crippen LogP contribution in [0.5, 0.6) is 0 Å². The molecule has 1 aliphatic heterocycles. The van der Waals surface area contributed by atoms with Gasteiger partial charge in [-0.15, -0.1) is 0 Å². The number of aromatic nitrogens is 2. The molecule has 0 aromatic carbocycles. The van der Waals surface area contributed by atoms with E-state index < -0.39 is 27.6 Å². The molecule has 1 saturated heterocycles. The van der Waals surface area contributed by atoms with Gasteiger partial charge in [-0.25, -0.2) is 17.2 Å². The second-order valence-electron chi connectivity index (χ2n) is 5.72. The molecule has 0 amide bonds. The molecule has 2 heterocycles. The monoisotopic (exact) mass is 307 g/mol. The lowest BCUT2D eigenvalue weighted by atomic mass is 10.0. The number of hydrogen-bond donors (Lipinski definition) is 0. The third-order valence-corrected chi connectivity index (χ3v) is 6.02. The Morgan fingerprint density at radius 2 is 1.95 bits per heavy atom. The lowest BCUT2D eigenvalue weighted by Crippen LogP contribution is -2.43. The molecular weight excluding hydrogens is 288 g/mol. The number of nitrogens with zero attached hydrogens (tertiary/aromatic N) is 3. The molecule has 0 N–H and O–H groups in total. The molecule has 1 aliphatic rings. The van der Waals surface area contributed by atoms with Gasteiger partial charge in [-0.3, -0.25) is 4.68 Å². The molecule has 1 aromatic heterocycles. The Bertz CT molecular complexity index is 623. The van der Waals surface area contributed by atoms with Crippen LogP contribution >= 0.6 is 0 Å². The van der Waals surface area contributed by atoms with Crippen molar-refractivity contribution >= 4 is 10.0 Å². The SMILES string of the molecule is Cc1nn(C)c(S(=O)(=O)N2CCCC2(C)C)c1C(F)F. The van der Waals surface area contributed by atoms with Crippen molar-refractivity contribution in [1.29, 1.82) is 0 Å². The fourth-order valence-corrected chi connectivity index (χ4v) is 5.05. The molecule has 5 nitrogen and oxygen atoms in total. The van der Waals surface area contributed by atoms with Gasteiger partial charge in [-0.2, -0.15) is 9.40 Å². The minimum atomic E-state index is -3.98. The number of rotatable bonds is 3. The summed E-state index contributed by atoms with van der Waals surface area (Å²) in [5.41, 5.74) is -0.996. The topological polar surface area (TPSA) is 55.2 Å². The van der Waals surface area contributed by atoms with Crippen molar-refractivity contribution in [1.82, 2.24) is 14.1 Å². The van der Waals surface area contributed by atoms with Crippen molar-refractivity contribution in [2.24, 2.45) is 7.05 Å². The molecule has 20 heavy (non-hydrogen) atoms. The van der Waals surface area contributed by atoms with Crippen LogP contribution in [0.15, 0.2) is 5.03 Å². The Balaban J connectivity index is 2.62. The van der Waals surface area contributed by atoms with Gasteiger partial charge in [-0.1, -0.05) is 0 Å². The van der Waals surface area contributed by atoms with E-state index in [0.29, 0.717) is 13.0 Å². The lowest BCUT2D eigenvalue weighted by Gasteiger charge is -2.30. The first-order chi connectivity index (χ1) is 9.09. The Kier molecular flexibility index (Phi) is 3.66. The molecule has 0 bridgehead atoms. The number of halogens is 2. The maximum Gasteiger partial charge on any atom is 0.268 e. The molecule has 0 spiro atoms. The zero-order chi connectivity index (χ0) is 15.3. The van der Waals surface area contributed by atoms with E-state index in [1.807, 2.05) is 13.8 Å². The van der Waals surface area contributed by atoms with Crippen LogP contribution in [0.3, 0.4) is 0 Å². The van der Waals surface area contributed by atoms with E-state index in [1.165, 1.54) is 18.3 Å². The zero-order valence-corrected chi connectivity index (χ0v) is 12.8. The molecule has 0 unspecified atom stereocenters. The van der Waals surface area contributed by atoms with E-state index in [0.717, 1.165) is 11.1 Å². The smallest absolute Gasteiger partial charge is 0.255 e. The highest BCUT2D eigenvalue weighted by Crippen LogP contribution is 2.37. The molecule has 0 atom stereocenters. The first-order valence-electron chi connectivity index (χ1n) is 6.43. The summed E-state index contributed by atoms with van der Waals surface area (Å²) in [6.45, 7) is 5.36. The molecule has 0 radical (unpaired) electrons. The normalized spacial score (nSPS) is 19.9. The van der Waals surface area contributed by atoms with Crippen molar-refractivity contribution in [2.45, 2.75) is 50.6 Å². The second kappa shape index (κ2) is 4.77. The van der Waals surface area contributed by atoms with Gasteiger partial charge in [0.2, 0.25) is 0 Å². The quantitative estimate of drug-likeness (QED) is 0.860. The molecule has 114 valence electrons. The van der Waals surface area contributed by atoms with E-state index >= 15 is 0 Å². The lowest BCUT2D eigenvalue weighted by molar-refractivity contribution is 0.146. The van der Waals surface area contributed by atoms with Crippen LogP contribution in [0.2, 0.25) is 0 Å². The predicted octanol–water partition coefficient (Wildman–Crippen LogP) is 2.23. The number of alkyl halides is 2. The van der Waals surface area contributed by atoms with Crippen LogP contribution in [0.4, 0.5) is 8.78 Å². The van der Waals surface area contributed by atoms with E-state index in [1.54, 1.807) is 0 Å². The fourth-order valence-electron chi connectivity index (χ4n) is 2.84. The van der Waals surface area contributed by atoms with Gasteiger partial charge in [-0.05, 0) is 33.6 Å². The Morgan fingerprint density at radius 1 is 1.35 bits per heavy atom. The number of aryl methyl sites for hydroxylation is 2. The third kappa shape index (κ3) is 2.24. The van der Waals surface area contributed by atoms with Gasteiger partial charge in [0.05, 0.1) is 11.3 Å². The fraction of sp³-hybridized carbons (Fsp3) is 0.750. The summed E-state index contributed by atoms with van der Waals surface area (Å²) in [6.07, 6.45) is -1.42. The average Bonchev–Trinajstić information content (AvgIpc) is 2.78. The maximum absolute atomic E-state index is 13.2. The van der Waals surface area contributed by atoms with E-state index in [9.17, 15) is 17.2 Å². The largest absolute Gasteiger partial charge is 0.268 e. The average molecular weight is 307 g/mol. The van der Waals surface area contributed by atoms with Crippen molar-refractivity contribution in [2.75, 3.05) is 6.54 Å². The summed E-state index contributed by atoms with van der Waals surface area (Å²) in [5, 5.41) is 3.46. The summed E-state index contributed by atoms with van der Waals surface area (Å²) in [6, 6.07) is 0. The Morgan fingerprint density at radius 3 is 2.40 bits per heavy atom. The molecule has 1 aromatic rings. The van der Waals surface area contributed by atoms with Crippen LogP contribution in [0, 0.1) is 6.92 Å². The first kappa shape index (κ1) is 15.4. The van der Waals surface area contributed by atoms with Crippen LogP contribution < -0.4 is 0 Å². The predicted molar refractivity (Wildman–Crippen MR) is 70.1 cm³/mol. The molecular formula is C12H19F2N3O2S. The molecule has 2 rings (SSSR count). The summed E-state index contributed by atoms with van der Waals surface area (Å²) in [7, 11) is -2.59. The zero-order valence-electron chi connectivity index (χ0n) is 12.0. The van der Waals surface area contributed by atoms with Crippen LogP contribution in [-0.2, 0) is 17.1 Å². The Hall–Kier alpha value is -1.02. The third-order valence-electron chi connectivity index (χ3n) is 3.79. The van der Waals surface area contributed by atoms with E-state index in [4.69, 9.17) is 0 Å². The van der Waals surface area contributed by atoms with Crippen LogP contribution in [0.25, 0.3) is 0 Å². The standard InChI is InChI=1S/C12H19F2N3O2S/c1-8-9(10(13)14)11(16(4)15-8)20(18,19)17-7-5-6-12(17,2)3/h10H,5-7H2,1-4H3. The highest BCUT2D eigenvalue weighted by atomic mass is 32.2. The van der Waals surface area contributed by atoms with Crippen LogP contribution in [0.1, 0.15) is 44.4 Å². The number of sulfonamides is 1. The molecule has 8 heteroatoms. The van der Waals surface area contributed by atoms with Gasteiger partial charge in [0.15, 0.2) is 5.03 Å². The van der Waals surface area contributed by atoms with Crippen molar-refractivity contribution in [3.05, 3.63) is 11.3 Å². The molecule has 0 saturated carbocycles. The van der Waals surface area contributed by atoms with Crippen molar-refractivity contribution in [3.63, 3.8) is 0 Å². The summed E-state index contributed by atoms with van der Waals surface area (Å²) < 4.78 is 54.2. The minimum Gasteiger partial charge on any atom is -0.255 e. The highest BCUT2D eigenvalue weighted by Gasteiger charge is 2.44. The Labute approximate surface area is 117 Å². The first-order valence-corrected chi connectivity index (χ1v) is 7.87. The van der Waals surface area contributed by atoms with E-state index in [2.05, 4.69) is 5.10 Å². The van der Waals surface area contributed by atoms with Gasteiger partial charge < -0.3 is 0 Å². The summed E-state index contributed by atoms with van der Waals surface area (Å²) in [4.78, 5) is 0. The minimum absolute atomic E-state index is 0.0538. The summed E-state index contributed by atoms with van der Waals surface area (Å²) in [5.74, 6) is 0. The summed E-state index contributed by atoms with van der Waals surface area (Å²) >= 11 is 0. The van der Waals surface area contributed by atoms with E-state index in [-0.39, 0.29) is 10.7 Å².